The summed E-state index contributed by atoms with van der Waals surface area (Å²) in [5, 5.41) is 2.69. The Balaban J connectivity index is 1.94. The van der Waals surface area contributed by atoms with Gasteiger partial charge in [0, 0.05) is 6.54 Å². The molecule has 0 aromatic heterocycles. The third-order valence-electron chi connectivity index (χ3n) is 4.36. The lowest BCUT2D eigenvalue weighted by Gasteiger charge is -2.25. The van der Waals surface area contributed by atoms with E-state index in [-0.39, 0.29) is 18.4 Å². The molecule has 0 radical (unpaired) electrons. The summed E-state index contributed by atoms with van der Waals surface area (Å²) in [6.07, 6.45) is 1.20. The summed E-state index contributed by atoms with van der Waals surface area (Å²) in [5.41, 5.74) is 6.26. The van der Waals surface area contributed by atoms with Crippen molar-refractivity contribution in [3.05, 3.63) is 35.9 Å². The first-order valence-corrected chi connectivity index (χ1v) is 8.95. The molecular formula is C19H27N3O4. The molecule has 0 spiro atoms. The Labute approximate surface area is 153 Å². The van der Waals surface area contributed by atoms with Gasteiger partial charge in [-0.15, -0.1) is 0 Å². The number of rotatable bonds is 7. The van der Waals surface area contributed by atoms with Crippen molar-refractivity contribution >= 4 is 17.9 Å². The van der Waals surface area contributed by atoms with E-state index in [0.717, 1.165) is 5.56 Å². The van der Waals surface area contributed by atoms with Crippen molar-refractivity contribution in [2.24, 2.45) is 11.7 Å². The van der Waals surface area contributed by atoms with Gasteiger partial charge < -0.3 is 15.8 Å². The Morgan fingerprint density at radius 2 is 1.96 bits per heavy atom. The number of hydrogen-bond donors (Lipinski definition) is 2. The highest BCUT2D eigenvalue weighted by molar-refractivity contribution is 5.91. The normalized spacial score (nSPS) is 17.8. The number of nitrogens with one attached hydrogen (secondary N) is 1. The van der Waals surface area contributed by atoms with Gasteiger partial charge in [-0.1, -0.05) is 44.2 Å². The van der Waals surface area contributed by atoms with E-state index in [9.17, 15) is 14.4 Å². The summed E-state index contributed by atoms with van der Waals surface area (Å²) in [4.78, 5) is 37.9. The first-order chi connectivity index (χ1) is 12.4. The zero-order chi connectivity index (χ0) is 19.1. The molecule has 0 bridgehead atoms. The predicted octanol–water partition coefficient (Wildman–Crippen LogP) is 1.80. The fourth-order valence-electron chi connectivity index (χ4n) is 3.05. The average molecular weight is 361 g/mol. The van der Waals surface area contributed by atoms with Crippen LogP contribution in [0.4, 0.5) is 4.79 Å². The van der Waals surface area contributed by atoms with E-state index in [1.165, 1.54) is 4.90 Å². The first kappa shape index (κ1) is 19.8. The highest BCUT2D eigenvalue weighted by Crippen LogP contribution is 2.19. The summed E-state index contributed by atoms with van der Waals surface area (Å²) in [7, 11) is 0. The van der Waals surface area contributed by atoms with Crippen LogP contribution in [0.15, 0.2) is 30.3 Å². The van der Waals surface area contributed by atoms with Gasteiger partial charge in [-0.2, -0.15) is 0 Å². The van der Waals surface area contributed by atoms with Crippen LogP contribution in [0.3, 0.4) is 0 Å². The summed E-state index contributed by atoms with van der Waals surface area (Å²) < 4.78 is 5.32. The molecule has 26 heavy (non-hydrogen) atoms. The average Bonchev–Trinajstić information content (AvgIpc) is 3.09. The number of ether oxygens (including phenoxy) is 1. The molecule has 0 aliphatic carbocycles. The van der Waals surface area contributed by atoms with Crippen LogP contribution in [0.1, 0.15) is 38.7 Å². The summed E-state index contributed by atoms with van der Waals surface area (Å²) in [6, 6.07) is 7.99. The molecule has 1 aliphatic heterocycles. The standard InChI is InChI=1S/C19H27N3O4/c1-13(2)11-15(17(20)23)21-18(24)16-9-6-10-22(16)19(25)26-12-14-7-4-3-5-8-14/h3-5,7-8,13,15-16H,6,9-12H2,1-2H3,(H2,20,23)(H,21,24)/t15-,16-/m0/s1. The van der Waals surface area contributed by atoms with Crippen LogP contribution < -0.4 is 11.1 Å². The Hall–Kier alpha value is -2.57. The number of amides is 3. The van der Waals surface area contributed by atoms with Crippen LogP contribution in [-0.4, -0.2) is 41.4 Å². The second-order valence-corrected chi connectivity index (χ2v) is 6.98. The topological polar surface area (TPSA) is 102 Å². The van der Waals surface area contributed by atoms with Crippen LogP contribution in [0.25, 0.3) is 0 Å². The van der Waals surface area contributed by atoms with Gasteiger partial charge in [0.15, 0.2) is 0 Å². The lowest BCUT2D eigenvalue weighted by Crippen LogP contribution is -2.52. The van der Waals surface area contributed by atoms with Crippen molar-refractivity contribution < 1.29 is 19.1 Å². The van der Waals surface area contributed by atoms with E-state index in [1.54, 1.807) is 0 Å². The molecule has 2 rings (SSSR count). The molecule has 1 aromatic rings. The van der Waals surface area contributed by atoms with Gasteiger partial charge >= 0.3 is 6.09 Å². The largest absolute Gasteiger partial charge is 0.445 e. The summed E-state index contributed by atoms with van der Waals surface area (Å²) in [5.74, 6) is -0.713. The smallest absolute Gasteiger partial charge is 0.410 e. The molecule has 0 unspecified atom stereocenters. The van der Waals surface area contributed by atoms with Crippen molar-refractivity contribution in [2.75, 3.05) is 6.54 Å². The molecule has 7 nitrogen and oxygen atoms in total. The minimum atomic E-state index is -0.731. The number of hydrogen-bond acceptors (Lipinski definition) is 4. The zero-order valence-corrected chi connectivity index (χ0v) is 15.3. The van der Waals surface area contributed by atoms with Crippen molar-refractivity contribution in [1.29, 1.82) is 0 Å². The SMILES string of the molecule is CC(C)C[C@H](NC(=O)[C@@H]1CCCN1C(=O)OCc1ccccc1)C(N)=O. The first-order valence-electron chi connectivity index (χ1n) is 8.95. The van der Waals surface area contributed by atoms with E-state index in [2.05, 4.69) is 5.32 Å². The van der Waals surface area contributed by atoms with E-state index in [0.29, 0.717) is 25.8 Å². The zero-order valence-electron chi connectivity index (χ0n) is 15.3. The molecule has 0 saturated carbocycles. The maximum Gasteiger partial charge on any atom is 0.410 e. The number of benzene rings is 1. The minimum Gasteiger partial charge on any atom is -0.445 e. The molecule has 1 saturated heterocycles. The van der Waals surface area contributed by atoms with Crippen molar-refractivity contribution in [3.8, 4) is 0 Å². The molecule has 3 N–H and O–H groups in total. The van der Waals surface area contributed by atoms with E-state index >= 15 is 0 Å². The Morgan fingerprint density at radius 3 is 2.58 bits per heavy atom. The van der Waals surface area contributed by atoms with Gasteiger partial charge in [0.05, 0.1) is 0 Å². The fourth-order valence-corrected chi connectivity index (χ4v) is 3.05. The molecule has 2 atom stereocenters. The third-order valence-corrected chi connectivity index (χ3v) is 4.36. The van der Waals surface area contributed by atoms with Gasteiger partial charge in [-0.05, 0) is 30.7 Å². The van der Waals surface area contributed by atoms with Crippen LogP contribution in [0.2, 0.25) is 0 Å². The van der Waals surface area contributed by atoms with Crippen LogP contribution in [0, 0.1) is 5.92 Å². The third kappa shape index (κ3) is 5.47. The molecule has 1 heterocycles. The monoisotopic (exact) mass is 361 g/mol. The predicted molar refractivity (Wildman–Crippen MR) is 96.9 cm³/mol. The van der Waals surface area contributed by atoms with Crippen LogP contribution in [-0.2, 0) is 20.9 Å². The van der Waals surface area contributed by atoms with Gasteiger partial charge in [-0.3, -0.25) is 14.5 Å². The fraction of sp³-hybridized carbons (Fsp3) is 0.526. The number of primary amides is 1. The number of nitrogens with zero attached hydrogens (tertiary/aromatic N) is 1. The molecule has 1 aromatic carbocycles. The van der Waals surface area contributed by atoms with Crippen molar-refractivity contribution in [1.82, 2.24) is 10.2 Å². The van der Waals surface area contributed by atoms with Gasteiger partial charge in [0.1, 0.15) is 18.7 Å². The highest BCUT2D eigenvalue weighted by Gasteiger charge is 2.36. The minimum absolute atomic E-state index is 0.155. The van der Waals surface area contributed by atoms with Crippen LogP contribution in [0.5, 0.6) is 0 Å². The van der Waals surface area contributed by atoms with E-state index in [1.807, 2.05) is 44.2 Å². The highest BCUT2D eigenvalue weighted by atomic mass is 16.6. The number of nitrogens with two attached hydrogens (primary N) is 1. The molecule has 3 amide bonds. The maximum absolute atomic E-state index is 12.6. The van der Waals surface area contributed by atoms with Crippen molar-refractivity contribution in [2.45, 2.75) is 51.8 Å². The van der Waals surface area contributed by atoms with Gasteiger partial charge in [0.2, 0.25) is 11.8 Å². The molecule has 142 valence electrons. The number of carbonyl (C=O) groups excluding carboxylic acids is 3. The maximum atomic E-state index is 12.6. The van der Waals surface area contributed by atoms with Crippen molar-refractivity contribution in [3.63, 3.8) is 0 Å². The lowest BCUT2D eigenvalue weighted by atomic mass is 10.0. The lowest BCUT2D eigenvalue weighted by molar-refractivity contribution is -0.130. The quantitative estimate of drug-likeness (QED) is 0.773. The second kappa shape index (κ2) is 9.22. The number of likely N-dealkylation sites (tertiary alicyclic amines) is 1. The summed E-state index contributed by atoms with van der Waals surface area (Å²) >= 11 is 0. The summed E-state index contributed by atoms with van der Waals surface area (Å²) in [6.45, 7) is 4.51. The molecular weight excluding hydrogens is 334 g/mol. The van der Waals surface area contributed by atoms with Gasteiger partial charge in [0.25, 0.3) is 0 Å². The van der Waals surface area contributed by atoms with Gasteiger partial charge in [-0.25, -0.2) is 4.79 Å². The molecule has 7 heteroatoms. The molecule has 1 aliphatic rings. The Bertz CT molecular complexity index is 633. The van der Waals surface area contributed by atoms with Crippen LogP contribution >= 0.6 is 0 Å². The van der Waals surface area contributed by atoms with E-state index < -0.39 is 24.1 Å². The Morgan fingerprint density at radius 1 is 1.27 bits per heavy atom. The second-order valence-electron chi connectivity index (χ2n) is 6.98. The molecule has 1 fully saturated rings. The van der Waals surface area contributed by atoms with E-state index in [4.69, 9.17) is 10.5 Å². The Kier molecular flexibility index (Phi) is 7.00. The number of carbonyl (C=O) groups is 3.